The van der Waals surface area contributed by atoms with Crippen molar-refractivity contribution in [3.63, 3.8) is 0 Å². The highest BCUT2D eigenvalue weighted by molar-refractivity contribution is 5.70. The van der Waals surface area contributed by atoms with Crippen molar-refractivity contribution in [3.05, 3.63) is 35.1 Å². The van der Waals surface area contributed by atoms with E-state index in [-0.39, 0.29) is 12.2 Å². The molecule has 15 heavy (non-hydrogen) atoms. The number of ether oxygens (including phenoxy) is 1. The number of benzene rings is 1. The normalized spacial score (nSPS) is 12.3. The van der Waals surface area contributed by atoms with Crippen molar-refractivity contribution in [2.45, 2.75) is 19.4 Å². The number of carbonyl (C=O) groups is 1. The summed E-state index contributed by atoms with van der Waals surface area (Å²) in [6, 6.07) is 4.18. The Balaban J connectivity index is 2.78. The molecule has 4 heteroatoms. The number of halogens is 1. The lowest BCUT2D eigenvalue weighted by molar-refractivity contribution is -0.141. The Labute approximate surface area is 88.0 Å². The van der Waals surface area contributed by atoms with Crippen molar-refractivity contribution in [3.8, 4) is 0 Å². The third-order valence-corrected chi connectivity index (χ3v) is 2.24. The molecule has 0 fully saturated rings. The molecule has 0 saturated heterocycles. The van der Waals surface area contributed by atoms with Gasteiger partial charge in [0.15, 0.2) is 0 Å². The SMILES string of the molecule is COC(=O)C[C@@H](N)c1ccc(C)c(F)c1. The zero-order chi connectivity index (χ0) is 11.4. The van der Waals surface area contributed by atoms with E-state index in [4.69, 9.17) is 5.73 Å². The zero-order valence-electron chi connectivity index (χ0n) is 8.79. The zero-order valence-corrected chi connectivity index (χ0v) is 8.79. The van der Waals surface area contributed by atoms with Gasteiger partial charge in [0.25, 0.3) is 0 Å². The number of hydrogen-bond acceptors (Lipinski definition) is 3. The van der Waals surface area contributed by atoms with E-state index >= 15 is 0 Å². The van der Waals surface area contributed by atoms with Gasteiger partial charge in [0.05, 0.1) is 13.5 Å². The van der Waals surface area contributed by atoms with Crippen LogP contribution in [0, 0.1) is 12.7 Å². The molecule has 1 atom stereocenters. The largest absolute Gasteiger partial charge is 0.469 e. The Morgan fingerprint density at radius 2 is 2.27 bits per heavy atom. The summed E-state index contributed by atoms with van der Waals surface area (Å²) in [6.07, 6.45) is 0.0546. The van der Waals surface area contributed by atoms with Crippen molar-refractivity contribution in [2.24, 2.45) is 5.73 Å². The van der Waals surface area contributed by atoms with E-state index in [0.29, 0.717) is 11.1 Å². The highest BCUT2D eigenvalue weighted by Crippen LogP contribution is 2.17. The first kappa shape index (κ1) is 11.7. The summed E-state index contributed by atoms with van der Waals surface area (Å²) in [6.45, 7) is 1.67. The van der Waals surface area contributed by atoms with Gasteiger partial charge in [-0.3, -0.25) is 4.79 Å². The van der Waals surface area contributed by atoms with E-state index in [1.807, 2.05) is 0 Å². The van der Waals surface area contributed by atoms with Gasteiger partial charge in [0.2, 0.25) is 0 Å². The van der Waals surface area contributed by atoms with Gasteiger partial charge in [-0.15, -0.1) is 0 Å². The Bertz CT molecular complexity index is 366. The number of esters is 1. The summed E-state index contributed by atoms with van der Waals surface area (Å²) >= 11 is 0. The van der Waals surface area contributed by atoms with Crippen LogP contribution in [0.2, 0.25) is 0 Å². The maximum Gasteiger partial charge on any atom is 0.307 e. The Kier molecular flexibility index (Phi) is 3.80. The van der Waals surface area contributed by atoms with E-state index in [1.165, 1.54) is 13.2 Å². The first-order valence-electron chi connectivity index (χ1n) is 4.63. The smallest absolute Gasteiger partial charge is 0.307 e. The molecule has 0 radical (unpaired) electrons. The minimum atomic E-state index is -0.521. The van der Waals surface area contributed by atoms with Crippen LogP contribution in [0.15, 0.2) is 18.2 Å². The number of rotatable bonds is 3. The molecule has 2 N–H and O–H groups in total. The van der Waals surface area contributed by atoms with Gasteiger partial charge in [0, 0.05) is 6.04 Å². The van der Waals surface area contributed by atoms with Crippen LogP contribution in [0.3, 0.4) is 0 Å². The topological polar surface area (TPSA) is 52.3 Å². The predicted octanol–water partition coefficient (Wildman–Crippen LogP) is 1.70. The highest BCUT2D eigenvalue weighted by atomic mass is 19.1. The molecule has 3 nitrogen and oxygen atoms in total. The highest BCUT2D eigenvalue weighted by Gasteiger charge is 2.12. The molecule has 0 spiro atoms. The molecule has 0 aliphatic rings. The Morgan fingerprint density at radius 3 is 2.80 bits per heavy atom. The van der Waals surface area contributed by atoms with Crippen LogP contribution in [0.1, 0.15) is 23.6 Å². The molecule has 1 aromatic rings. The fourth-order valence-corrected chi connectivity index (χ4v) is 1.22. The molecule has 1 aromatic carbocycles. The average Bonchev–Trinajstić information content (AvgIpc) is 2.21. The summed E-state index contributed by atoms with van der Waals surface area (Å²) in [5.41, 5.74) is 6.88. The summed E-state index contributed by atoms with van der Waals surface area (Å²) in [7, 11) is 1.30. The molecule has 0 aliphatic carbocycles. The summed E-state index contributed by atoms with van der Waals surface area (Å²) in [4.78, 5) is 11.0. The van der Waals surface area contributed by atoms with Gasteiger partial charge in [-0.05, 0) is 24.1 Å². The van der Waals surface area contributed by atoms with E-state index in [2.05, 4.69) is 4.74 Å². The van der Waals surface area contributed by atoms with E-state index in [9.17, 15) is 9.18 Å². The number of carbonyl (C=O) groups excluding carboxylic acids is 1. The molecular formula is C11H14FNO2. The Morgan fingerprint density at radius 1 is 1.60 bits per heavy atom. The van der Waals surface area contributed by atoms with Crippen LogP contribution in [-0.4, -0.2) is 13.1 Å². The standard InChI is InChI=1S/C11H14FNO2/c1-7-3-4-8(5-9(7)12)10(13)6-11(14)15-2/h3-5,10H,6,13H2,1-2H3/t10-/m1/s1. The van der Waals surface area contributed by atoms with Crippen molar-refractivity contribution < 1.29 is 13.9 Å². The van der Waals surface area contributed by atoms with E-state index in [1.54, 1.807) is 19.1 Å². The van der Waals surface area contributed by atoms with Crippen LogP contribution >= 0.6 is 0 Å². The lowest BCUT2D eigenvalue weighted by Crippen LogP contribution is -2.16. The summed E-state index contributed by atoms with van der Waals surface area (Å²) in [5.74, 6) is -0.712. The molecule has 0 heterocycles. The fourth-order valence-electron chi connectivity index (χ4n) is 1.22. The second-order valence-electron chi connectivity index (χ2n) is 3.40. The summed E-state index contributed by atoms with van der Waals surface area (Å²) in [5, 5.41) is 0. The molecule has 0 aliphatic heterocycles. The first-order valence-corrected chi connectivity index (χ1v) is 4.63. The van der Waals surface area contributed by atoms with Gasteiger partial charge in [-0.1, -0.05) is 12.1 Å². The second-order valence-corrected chi connectivity index (χ2v) is 3.40. The van der Waals surface area contributed by atoms with Gasteiger partial charge >= 0.3 is 5.97 Å². The molecule has 1 rings (SSSR count). The van der Waals surface area contributed by atoms with E-state index in [0.717, 1.165) is 0 Å². The van der Waals surface area contributed by atoms with Crippen molar-refractivity contribution in [2.75, 3.05) is 7.11 Å². The maximum absolute atomic E-state index is 13.2. The monoisotopic (exact) mass is 211 g/mol. The minimum absolute atomic E-state index is 0.0546. The van der Waals surface area contributed by atoms with Crippen molar-refractivity contribution >= 4 is 5.97 Å². The quantitative estimate of drug-likeness (QED) is 0.774. The summed E-state index contributed by atoms with van der Waals surface area (Å²) < 4.78 is 17.7. The number of aryl methyl sites for hydroxylation is 1. The van der Waals surface area contributed by atoms with Crippen LogP contribution in [0.4, 0.5) is 4.39 Å². The minimum Gasteiger partial charge on any atom is -0.469 e. The lowest BCUT2D eigenvalue weighted by atomic mass is 10.0. The van der Waals surface area contributed by atoms with E-state index < -0.39 is 12.0 Å². The molecule has 0 unspecified atom stereocenters. The van der Waals surface area contributed by atoms with Crippen LogP contribution < -0.4 is 5.73 Å². The third kappa shape index (κ3) is 3.02. The van der Waals surface area contributed by atoms with Crippen LogP contribution in [0.5, 0.6) is 0 Å². The molecule has 82 valence electrons. The second kappa shape index (κ2) is 4.89. The van der Waals surface area contributed by atoms with Crippen molar-refractivity contribution in [1.82, 2.24) is 0 Å². The van der Waals surface area contributed by atoms with Crippen LogP contribution in [0.25, 0.3) is 0 Å². The average molecular weight is 211 g/mol. The molecule has 0 bridgehead atoms. The lowest BCUT2D eigenvalue weighted by Gasteiger charge is -2.11. The number of nitrogens with two attached hydrogens (primary N) is 1. The van der Waals surface area contributed by atoms with Gasteiger partial charge in [0.1, 0.15) is 5.82 Å². The Hall–Kier alpha value is -1.42. The van der Waals surface area contributed by atoms with Crippen LogP contribution in [-0.2, 0) is 9.53 Å². The van der Waals surface area contributed by atoms with Crippen molar-refractivity contribution in [1.29, 1.82) is 0 Å². The first-order chi connectivity index (χ1) is 7.04. The van der Waals surface area contributed by atoms with Gasteiger partial charge in [-0.2, -0.15) is 0 Å². The molecule has 0 aromatic heterocycles. The molecule has 0 saturated carbocycles. The number of methoxy groups -OCH3 is 1. The van der Waals surface area contributed by atoms with Gasteiger partial charge in [-0.25, -0.2) is 4.39 Å². The molecule has 0 amide bonds. The molecular weight excluding hydrogens is 197 g/mol. The maximum atomic E-state index is 13.2. The third-order valence-electron chi connectivity index (χ3n) is 2.24. The fraction of sp³-hybridized carbons (Fsp3) is 0.364. The van der Waals surface area contributed by atoms with Gasteiger partial charge < -0.3 is 10.5 Å². The predicted molar refractivity (Wildman–Crippen MR) is 54.7 cm³/mol. The number of hydrogen-bond donors (Lipinski definition) is 1.